The number of anilines is 2. The van der Waals surface area contributed by atoms with Crippen LogP contribution in [0.15, 0.2) is 12.4 Å². The highest BCUT2D eigenvalue weighted by atomic mass is 19.4. The summed E-state index contributed by atoms with van der Waals surface area (Å²) in [5.41, 5.74) is 0. The quantitative estimate of drug-likeness (QED) is 0.838. The number of aromatic nitrogens is 2. The van der Waals surface area contributed by atoms with E-state index in [2.05, 4.69) is 15.3 Å². The lowest BCUT2D eigenvalue weighted by atomic mass is 10.5. The summed E-state index contributed by atoms with van der Waals surface area (Å²) in [6.45, 7) is -1.05. The molecular formula is C8H11F3N4. The lowest BCUT2D eigenvalue weighted by molar-refractivity contribution is -0.119. The van der Waals surface area contributed by atoms with Crippen LogP contribution in [0.25, 0.3) is 0 Å². The summed E-state index contributed by atoms with van der Waals surface area (Å²) in [6, 6.07) is 0. The number of alkyl halides is 3. The van der Waals surface area contributed by atoms with Crippen molar-refractivity contribution in [3.8, 4) is 0 Å². The standard InChI is InChI=1S/C8H11F3N4/c1-12-6-3-13-4-7(14-6)15(2)5-8(9,10)11/h3-4H,5H2,1-2H3,(H,12,14). The van der Waals surface area contributed by atoms with Gasteiger partial charge >= 0.3 is 6.18 Å². The average molecular weight is 220 g/mol. The van der Waals surface area contributed by atoms with Crippen LogP contribution < -0.4 is 10.2 Å². The molecule has 0 aliphatic heterocycles. The van der Waals surface area contributed by atoms with Crippen LogP contribution in [0.1, 0.15) is 0 Å². The van der Waals surface area contributed by atoms with Crippen molar-refractivity contribution in [3.05, 3.63) is 12.4 Å². The third kappa shape index (κ3) is 3.61. The highest BCUT2D eigenvalue weighted by molar-refractivity contribution is 5.42. The molecule has 1 aromatic rings. The minimum absolute atomic E-state index is 0.180. The van der Waals surface area contributed by atoms with Gasteiger partial charge in [-0.2, -0.15) is 13.2 Å². The fourth-order valence-electron chi connectivity index (χ4n) is 1.01. The largest absolute Gasteiger partial charge is 0.405 e. The SMILES string of the molecule is CNc1cncc(N(C)CC(F)(F)F)n1. The van der Waals surface area contributed by atoms with Crippen LogP contribution in [0.4, 0.5) is 24.8 Å². The fraction of sp³-hybridized carbons (Fsp3) is 0.500. The van der Waals surface area contributed by atoms with E-state index in [9.17, 15) is 13.2 Å². The highest BCUT2D eigenvalue weighted by Gasteiger charge is 2.29. The van der Waals surface area contributed by atoms with Gasteiger partial charge in [-0.15, -0.1) is 0 Å². The van der Waals surface area contributed by atoms with Crippen molar-refractivity contribution in [2.45, 2.75) is 6.18 Å². The number of nitrogens with zero attached hydrogens (tertiary/aromatic N) is 3. The maximum atomic E-state index is 12.1. The van der Waals surface area contributed by atoms with Crippen molar-refractivity contribution in [3.63, 3.8) is 0 Å². The second-order valence-electron chi connectivity index (χ2n) is 2.98. The molecule has 84 valence electrons. The molecule has 0 spiro atoms. The van der Waals surface area contributed by atoms with Crippen molar-refractivity contribution >= 4 is 11.6 Å². The predicted molar refractivity (Wildman–Crippen MR) is 50.9 cm³/mol. The van der Waals surface area contributed by atoms with Gasteiger partial charge in [-0.05, 0) is 0 Å². The Morgan fingerprint density at radius 2 is 2.07 bits per heavy atom. The summed E-state index contributed by atoms with van der Waals surface area (Å²) < 4.78 is 36.2. The maximum absolute atomic E-state index is 12.1. The Balaban J connectivity index is 2.77. The minimum Gasteiger partial charge on any atom is -0.372 e. The Labute approximate surface area is 85.1 Å². The Morgan fingerprint density at radius 3 is 2.60 bits per heavy atom. The minimum atomic E-state index is -4.24. The molecule has 0 fully saturated rings. The Kier molecular flexibility index (Phi) is 3.33. The molecule has 0 aliphatic carbocycles. The molecule has 4 nitrogen and oxygen atoms in total. The lowest BCUT2D eigenvalue weighted by Gasteiger charge is -2.19. The summed E-state index contributed by atoms with van der Waals surface area (Å²) in [7, 11) is 2.94. The molecule has 0 radical (unpaired) electrons. The van der Waals surface area contributed by atoms with E-state index in [1.54, 1.807) is 7.05 Å². The van der Waals surface area contributed by atoms with E-state index in [1.807, 2.05) is 0 Å². The van der Waals surface area contributed by atoms with Crippen molar-refractivity contribution in [1.82, 2.24) is 9.97 Å². The second-order valence-corrected chi connectivity index (χ2v) is 2.98. The van der Waals surface area contributed by atoms with Gasteiger partial charge in [0.2, 0.25) is 0 Å². The molecule has 0 aliphatic rings. The first-order valence-corrected chi connectivity index (χ1v) is 4.20. The first kappa shape index (κ1) is 11.5. The highest BCUT2D eigenvalue weighted by Crippen LogP contribution is 2.19. The molecule has 0 aromatic carbocycles. The number of hydrogen-bond acceptors (Lipinski definition) is 4. The first-order valence-electron chi connectivity index (χ1n) is 4.20. The van der Waals surface area contributed by atoms with Crippen molar-refractivity contribution < 1.29 is 13.2 Å². The second kappa shape index (κ2) is 4.33. The van der Waals surface area contributed by atoms with Crippen LogP contribution in [0.5, 0.6) is 0 Å². The van der Waals surface area contributed by atoms with E-state index >= 15 is 0 Å². The lowest BCUT2D eigenvalue weighted by Crippen LogP contribution is -2.31. The smallest absolute Gasteiger partial charge is 0.372 e. The molecule has 0 unspecified atom stereocenters. The van der Waals surface area contributed by atoms with Gasteiger partial charge in [-0.1, -0.05) is 0 Å². The average Bonchev–Trinajstić information content (AvgIpc) is 2.15. The maximum Gasteiger partial charge on any atom is 0.405 e. The molecule has 15 heavy (non-hydrogen) atoms. The van der Waals surface area contributed by atoms with E-state index < -0.39 is 12.7 Å². The fourth-order valence-corrected chi connectivity index (χ4v) is 1.01. The number of halogens is 3. The molecule has 1 rings (SSSR count). The Morgan fingerprint density at radius 1 is 1.40 bits per heavy atom. The van der Waals surface area contributed by atoms with Crippen LogP contribution >= 0.6 is 0 Å². The summed E-state index contributed by atoms with van der Waals surface area (Å²) in [6.07, 6.45) is -1.52. The van der Waals surface area contributed by atoms with Gasteiger partial charge in [0.15, 0.2) is 0 Å². The van der Waals surface area contributed by atoms with E-state index in [0.29, 0.717) is 5.82 Å². The molecule has 1 N–H and O–H groups in total. The molecule has 1 heterocycles. The Bertz CT molecular complexity index is 326. The molecule has 0 saturated carbocycles. The van der Waals surface area contributed by atoms with Crippen LogP contribution in [0, 0.1) is 0 Å². The zero-order valence-electron chi connectivity index (χ0n) is 8.34. The summed E-state index contributed by atoms with van der Waals surface area (Å²) in [4.78, 5) is 8.69. The summed E-state index contributed by atoms with van der Waals surface area (Å²) >= 11 is 0. The molecule has 0 amide bonds. The van der Waals surface area contributed by atoms with Crippen molar-refractivity contribution in [2.75, 3.05) is 30.9 Å². The van der Waals surface area contributed by atoms with Crippen molar-refractivity contribution in [2.24, 2.45) is 0 Å². The molecule has 0 saturated heterocycles. The van der Waals surface area contributed by atoms with Gasteiger partial charge in [-0.25, -0.2) is 4.98 Å². The predicted octanol–water partition coefficient (Wildman–Crippen LogP) is 1.52. The molecule has 0 bridgehead atoms. The van der Waals surface area contributed by atoms with E-state index in [1.165, 1.54) is 19.4 Å². The third-order valence-corrected chi connectivity index (χ3v) is 1.69. The van der Waals surface area contributed by atoms with Crippen LogP contribution in [0.3, 0.4) is 0 Å². The first-order chi connectivity index (χ1) is 6.92. The summed E-state index contributed by atoms with van der Waals surface area (Å²) in [5.74, 6) is 0.612. The van der Waals surface area contributed by atoms with Gasteiger partial charge in [-0.3, -0.25) is 4.98 Å². The number of rotatable bonds is 3. The molecule has 1 aromatic heterocycles. The normalized spacial score (nSPS) is 11.3. The zero-order valence-corrected chi connectivity index (χ0v) is 8.34. The Hall–Kier alpha value is -1.53. The monoisotopic (exact) mass is 220 g/mol. The van der Waals surface area contributed by atoms with Gasteiger partial charge in [0.25, 0.3) is 0 Å². The van der Waals surface area contributed by atoms with Crippen LogP contribution in [-0.2, 0) is 0 Å². The number of nitrogens with one attached hydrogen (secondary N) is 1. The van der Waals surface area contributed by atoms with Crippen LogP contribution in [0.2, 0.25) is 0 Å². The van der Waals surface area contributed by atoms with Gasteiger partial charge in [0.1, 0.15) is 18.2 Å². The molecule has 0 atom stereocenters. The topological polar surface area (TPSA) is 41.1 Å². The summed E-state index contributed by atoms with van der Waals surface area (Å²) in [5, 5.41) is 2.70. The van der Waals surface area contributed by atoms with E-state index in [-0.39, 0.29) is 5.82 Å². The van der Waals surface area contributed by atoms with Gasteiger partial charge in [0.05, 0.1) is 12.4 Å². The van der Waals surface area contributed by atoms with Crippen LogP contribution in [-0.4, -0.2) is 36.8 Å². The van der Waals surface area contributed by atoms with Crippen molar-refractivity contribution in [1.29, 1.82) is 0 Å². The van der Waals surface area contributed by atoms with Gasteiger partial charge in [0, 0.05) is 14.1 Å². The third-order valence-electron chi connectivity index (χ3n) is 1.69. The zero-order chi connectivity index (χ0) is 11.5. The van der Waals surface area contributed by atoms with E-state index in [0.717, 1.165) is 4.90 Å². The van der Waals surface area contributed by atoms with Gasteiger partial charge < -0.3 is 10.2 Å². The molecule has 7 heteroatoms. The number of hydrogen-bond donors (Lipinski definition) is 1. The molecular weight excluding hydrogens is 209 g/mol. The van der Waals surface area contributed by atoms with E-state index in [4.69, 9.17) is 0 Å².